The van der Waals surface area contributed by atoms with Crippen LogP contribution >= 0.6 is 0 Å². The standard InChI is InChI=1S/C22H34N.BrH/c1-3-4-5-6-7-8-9-10-11-14-18-23-19-17-20(2)21-15-12-13-16-22(21)23;/h12-13,15-17,19H,3-11,14,18H2,1-2H3;1H/q+1;/p-1. The van der Waals surface area contributed by atoms with Crippen LogP contribution in [0.5, 0.6) is 0 Å². The molecule has 0 atom stereocenters. The van der Waals surface area contributed by atoms with Gasteiger partial charge in [0.15, 0.2) is 6.20 Å². The van der Waals surface area contributed by atoms with Crippen LogP contribution in [0.2, 0.25) is 0 Å². The Balaban J connectivity index is 0.00000288. The topological polar surface area (TPSA) is 3.88 Å². The van der Waals surface area contributed by atoms with Gasteiger partial charge in [-0.1, -0.05) is 70.4 Å². The third-order valence-electron chi connectivity index (χ3n) is 4.90. The van der Waals surface area contributed by atoms with Gasteiger partial charge < -0.3 is 17.0 Å². The SMILES string of the molecule is CCCCCCCCCCCC[n+]1ccc(C)c2ccccc21.[Br-]. The maximum atomic E-state index is 2.42. The van der Waals surface area contributed by atoms with Crippen molar-refractivity contribution in [1.82, 2.24) is 0 Å². The Kier molecular flexibility index (Phi) is 11.0. The normalized spacial score (nSPS) is 10.8. The lowest BCUT2D eigenvalue weighted by atomic mass is 10.1. The van der Waals surface area contributed by atoms with Crippen molar-refractivity contribution in [1.29, 1.82) is 0 Å². The van der Waals surface area contributed by atoms with Gasteiger partial charge in [-0.15, -0.1) is 0 Å². The molecule has 2 aromatic rings. The average Bonchev–Trinajstić information content (AvgIpc) is 2.58. The fraction of sp³-hybridized carbons (Fsp3) is 0.591. The minimum absolute atomic E-state index is 0. The zero-order chi connectivity index (χ0) is 16.3. The summed E-state index contributed by atoms with van der Waals surface area (Å²) in [6.45, 7) is 5.64. The number of pyridine rings is 1. The Hall–Kier alpha value is -0.890. The first kappa shape index (κ1) is 21.2. The van der Waals surface area contributed by atoms with Crippen molar-refractivity contribution in [2.45, 2.75) is 84.6 Å². The molecule has 1 aromatic heterocycles. The van der Waals surface area contributed by atoms with Crippen LogP contribution in [-0.4, -0.2) is 0 Å². The van der Waals surface area contributed by atoms with E-state index >= 15 is 0 Å². The summed E-state index contributed by atoms with van der Waals surface area (Å²) in [5, 5.41) is 1.39. The molecular weight excluding hydrogens is 358 g/mol. The second kappa shape index (κ2) is 12.5. The van der Waals surface area contributed by atoms with Crippen LogP contribution in [0.25, 0.3) is 10.9 Å². The molecule has 0 radical (unpaired) electrons. The molecule has 1 heterocycles. The van der Waals surface area contributed by atoms with E-state index in [-0.39, 0.29) is 17.0 Å². The second-order valence-corrected chi connectivity index (χ2v) is 6.89. The Bertz CT molecular complexity index is 579. The Morgan fingerprint density at radius 1 is 0.750 bits per heavy atom. The first-order chi connectivity index (χ1) is 11.3. The highest BCUT2D eigenvalue weighted by atomic mass is 79.9. The second-order valence-electron chi connectivity index (χ2n) is 6.89. The van der Waals surface area contributed by atoms with Gasteiger partial charge in [0.25, 0.3) is 0 Å². The van der Waals surface area contributed by atoms with Crippen LogP contribution in [0.15, 0.2) is 36.5 Å². The highest BCUT2D eigenvalue weighted by Crippen LogP contribution is 2.14. The zero-order valence-corrected chi connectivity index (χ0v) is 17.2. The van der Waals surface area contributed by atoms with Crippen molar-refractivity contribution >= 4 is 10.9 Å². The number of unbranched alkanes of at least 4 members (excludes halogenated alkanes) is 9. The van der Waals surface area contributed by atoms with E-state index in [9.17, 15) is 0 Å². The molecule has 1 nitrogen and oxygen atoms in total. The van der Waals surface area contributed by atoms with Crippen molar-refractivity contribution in [3.63, 3.8) is 0 Å². The third kappa shape index (κ3) is 6.93. The summed E-state index contributed by atoms with van der Waals surface area (Å²) >= 11 is 0. The quantitative estimate of drug-likeness (QED) is 0.408. The molecular formula is C22H34BrN. The van der Waals surface area contributed by atoms with Gasteiger partial charge in [0.1, 0.15) is 6.54 Å². The number of aromatic nitrogens is 1. The van der Waals surface area contributed by atoms with Crippen molar-refractivity contribution < 1.29 is 21.5 Å². The number of aryl methyl sites for hydroxylation is 2. The number of rotatable bonds is 11. The van der Waals surface area contributed by atoms with Crippen molar-refractivity contribution in [2.75, 3.05) is 0 Å². The van der Waals surface area contributed by atoms with Crippen LogP contribution < -0.4 is 21.5 Å². The van der Waals surface area contributed by atoms with Crippen molar-refractivity contribution in [3.8, 4) is 0 Å². The van der Waals surface area contributed by atoms with E-state index in [1.54, 1.807) is 0 Å². The third-order valence-corrected chi connectivity index (χ3v) is 4.90. The molecule has 0 aliphatic carbocycles. The Labute approximate surface area is 159 Å². The molecule has 1 aromatic carbocycles. The largest absolute Gasteiger partial charge is 1.00 e. The van der Waals surface area contributed by atoms with Gasteiger partial charge in [0, 0.05) is 23.9 Å². The van der Waals surface area contributed by atoms with Crippen LogP contribution in [0.4, 0.5) is 0 Å². The minimum Gasteiger partial charge on any atom is -1.00 e. The molecule has 24 heavy (non-hydrogen) atoms. The summed E-state index contributed by atoms with van der Waals surface area (Å²) in [6, 6.07) is 11.0. The predicted octanol–water partition coefficient (Wildman–Crippen LogP) is 3.36. The van der Waals surface area contributed by atoms with E-state index < -0.39 is 0 Å². The van der Waals surface area contributed by atoms with Crippen LogP contribution in [0, 0.1) is 6.92 Å². The van der Waals surface area contributed by atoms with E-state index in [0.29, 0.717) is 0 Å². The van der Waals surface area contributed by atoms with E-state index in [1.807, 2.05) is 0 Å². The van der Waals surface area contributed by atoms with E-state index in [4.69, 9.17) is 0 Å². The summed E-state index contributed by atoms with van der Waals surface area (Å²) < 4.78 is 2.42. The molecule has 2 rings (SSSR count). The van der Waals surface area contributed by atoms with E-state index in [0.717, 1.165) is 6.54 Å². The molecule has 0 unspecified atom stereocenters. The molecule has 0 spiro atoms. The van der Waals surface area contributed by atoms with Crippen LogP contribution in [0.1, 0.15) is 76.7 Å². The van der Waals surface area contributed by atoms with Gasteiger partial charge in [0.05, 0.1) is 0 Å². The number of halogens is 1. The first-order valence-electron chi connectivity index (χ1n) is 9.70. The summed E-state index contributed by atoms with van der Waals surface area (Å²) in [7, 11) is 0. The van der Waals surface area contributed by atoms with Gasteiger partial charge in [-0.3, -0.25) is 0 Å². The number of hydrogen-bond acceptors (Lipinski definition) is 0. The maximum absolute atomic E-state index is 2.42. The fourth-order valence-corrected chi connectivity index (χ4v) is 3.39. The van der Waals surface area contributed by atoms with Gasteiger partial charge in [-0.25, -0.2) is 0 Å². The van der Waals surface area contributed by atoms with E-state index in [1.165, 1.54) is 80.7 Å². The number of nitrogens with zero attached hydrogens (tertiary/aromatic N) is 1. The average molecular weight is 392 g/mol. The monoisotopic (exact) mass is 391 g/mol. The lowest BCUT2D eigenvalue weighted by Gasteiger charge is -2.04. The Morgan fingerprint density at radius 3 is 2.00 bits per heavy atom. The highest BCUT2D eigenvalue weighted by molar-refractivity contribution is 5.78. The number of para-hydroxylation sites is 1. The molecule has 0 bridgehead atoms. The van der Waals surface area contributed by atoms with Crippen molar-refractivity contribution in [3.05, 3.63) is 42.1 Å². The zero-order valence-electron chi connectivity index (χ0n) is 15.6. The first-order valence-corrected chi connectivity index (χ1v) is 9.70. The lowest BCUT2D eigenvalue weighted by molar-refractivity contribution is -0.671. The van der Waals surface area contributed by atoms with Crippen molar-refractivity contribution in [2.24, 2.45) is 0 Å². The van der Waals surface area contributed by atoms with Gasteiger partial charge >= 0.3 is 0 Å². The van der Waals surface area contributed by atoms with E-state index in [2.05, 4.69) is 54.9 Å². The Morgan fingerprint density at radius 2 is 1.33 bits per heavy atom. The summed E-state index contributed by atoms with van der Waals surface area (Å²) in [5.41, 5.74) is 2.75. The molecule has 0 fully saturated rings. The summed E-state index contributed by atoms with van der Waals surface area (Å²) in [4.78, 5) is 0. The molecule has 0 saturated heterocycles. The fourth-order valence-electron chi connectivity index (χ4n) is 3.39. The maximum Gasteiger partial charge on any atom is 0.212 e. The summed E-state index contributed by atoms with van der Waals surface area (Å²) in [5.74, 6) is 0. The minimum atomic E-state index is 0. The molecule has 0 amide bonds. The van der Waals surface area contributed by atoms with Gasteiger partial charge in [0.2, 0.25) is 5.52 Å². The molecule has 0 aliphatic rings. The molecule has 0 saturated carbocycles. The molecule has 0 N–H and O–H groups in total. The summed E-state index contributed by atoms with van der Waals surface area (Å²) in [6.07, 6.45) is 16.3. The predicted molar refractivity (Wildman–Crippen MR) is 101 cm³/mol. The number of benzene rings is 1. The van der Waals surface area contributed by atoms with Gasteiger partial charge in [-0.2, -0.15) is 4.57 Å². The molecule has 2 heteroatoms. The molecule has 134 valence electrons. The van der Waals surface area contributed by atoms with Crippen LogP contribution in [0.3, 0.4) is 0 Å². The lowest BCUT2D eigenvalue weighted by Crippen LogP contribution is -3.00. The number of fused-ring (bicyclic) bond motifs is 1. The highest BCUT2D eigenvalue weighted by Gasteiger charge is 2.09. The number of hydrogen-bond donors (Lipinski definition) is 0. The molecule has 0 aliphatic heterocycles. The smallest absolute Gasteiger partial charge is 0.212 e. The van der Waals surface area contributed by atoms with Crippen LogP contribution in [-0.2, 0) is 6.54 Å². The van der Waals surface area contributed by atoms with Gasteiger partial charge in [-0.05, 0) is 25.0 Å².